The molecule has 1 unspecified atom stereocenters. The highest BCUT2D eigenvalue weighted by Crippen LogP contribution is 2.21. The summed E-state index contributed by atoms with van der Waals surface area (Å²) >= 11 is 0. The van der Waals surface area contributed by atoms with Gasteiger partial charge in [0.05, 0.1) is 0 Å². The molecule has 0 saturated heterocycles. The van der Waals surface area contributed by atoms with Gasteiger partial charge in [-0.1, -0.05) is 30.0 Å². The number of hydrogen-bond acceptors (Lipinski definition) is 6. The summed E-state index contributed by atoms with van der Waals surface area (Å²) in [5.41, 5.74) is -0.868. The molecule has 0 N–H and O–H groups in total. The smallest absolute Gasteiger partial charge is 0.457 e. The van der Waals surface area contributed by atoms with Gasteiger partial charge in [0.25, 0.3) is 0 Å². The zero-order valence-electron chi connectivity index (χ0n) is 20.2. The lowest BCUT2D eigenvalue weighted by atomic mass is 10.2. The molecule has 1 atom stereocenters. The molecule has 0 aromatic heterocycles. The van der Waals surface area contributed by atoms with Gasteiger partial charge < -0.3 is 14.2 Å². The minimum atomic E-state index is -1.02. The third-order valence-electron chi connectivity index (χ3n) is 3.75. The van der Waals surface area contributed by atoms with Crippen molar-refractivity contribution in [1.29, 1.82) is 0 Å². The summed E-state index contributed by atoms with van der Waals surface area (Å²) in [6.45, 7) is 11.8. The van der Waals surface area contributed by atoms with Gasteiger partial charge in [0, 0.05) is 5.56 Å². The third-order valence-corrected chi connectivity index (χ3v) is 3.75. The number of carbonyl (C=O) groups is 2. The van der Waals surface area contributed by atoms with Crippen LogP contribution in [-0.4, -0.2) is 34.6 Å². The van der Waals surface area contributed by atoms with Crippen molar-refractivity contribution >= 4 is 12.2 Å². The molecule has 0 fully saturated rings. The fraction of sp³-hybridized carbons (Fsp3) is 0.385. The highest BCUT2D eigenvalue weighted by molar-refractivity contribution is 5.71. The predicted molar refractivity (Wildman–Crippen MR) is 125 cm³/mol. The Morgan fingerprint density at radius 2 is 1.36 bits per heavy atom. The minimum absolute atomic E-state index is 0.670. The van der Waals surface area contributed by atoms with E-state index in [-0.39, 0.29) is 0 Å². The third kappa shape index (κ3) is 9.56. The van der Waals surface area contributed by atoms with Crippen LogP contribution in [0.15, 0.2) is 54.6 Å². The molecule has 0 aliphatic carbocycles. The van der Waals surface area contributed by atoms with Crippen molar-refractivity contribution in [2.24, 2.45) is 0 Å². The number of nitrogens with zero attached hydrogens (tertiary/aromatic N) is 1. The van der Waals surface area contributed by atoms with E-state index in [0.29, 0.717) is 11.3 Å². The van der Waals surface area contributed by atoms with E-state index < -0.39 is 29.5 Å². The van der Waals surface area contributed by atoms with E-state index in [9.17, 15) is 9.59 Å². The Hall–Kier alpha value is -3.66. The molecular formula is C26H31NO6. The van der Waals surface area contributed by atoms with Crippen LogP contribution in [0.5, 0.6) is 11.5 Å². The maximum Gasteiger partial charge on any atom is 0.534 e. The lowest BCUT2D eigenvalue weighted by Crippen LogP contribution is -2.43. The molecule has 2 aromatic rings. The van der Waals surface area contributed by atoms with Gasteiger partial charge in [-0.25, -0.2) is 9.59 Å². The lowest BCUT2D eigenvalue weighted by Gasteiger charge is -2.28. The van der Waals surface area contributed by atoms with Crippen molar-refractivity contribution in [1.82, 2.24) is 5.06 Å². The molecule has 7 heteroatoms. The van der Waals surface area contributed by atoms with E-state index in [2.05, 4.69) is 11.8 Å². The standard InChI is InChI=1S/C26H31NO6/c1-19(27(23(28)31-25(2,3)4)33-24(29)32-26(5,6)7)13-14-20-15-17-22(18-16-20)30-21-11-9-8-10-12-21/h8-12,15-19H,1-7H3. The Morgan fingerprint density at radius 3 is 1.91 bits per heavy atom. The average molecular weight is 454 g/mol. The lowest BCUT2D eigenvalue weighted by molar-refractivity contribution is -0.144. The van der Waals surface area contributed by atoms with Crippen molar-refractivity contribution in [3.05, 3.63) is 60.2 Å². The van der Waals surface area contributed by atoms with Gasteiger partial charge in [-0.15, -0.1) is 5.06 Å². The quantitative estimate of drug-likeness (QED) is 0.307. The summed E-state index contributed by atoms with van der Waals surface area (Å²) in [5, 5.41) is 0.777. The zero-order chi connectivity index (χ0) is 24.6. The van der Waals surface area contributed by atoms with Crippen molar-refractivity contribution in [2.75, 3.05) is 0 Å². The largest absolute Gasteiger partial charge is 0.534 e. The van der Waals surface area contributed by atoms with Crippen LogP contribution in [0.4, 0.5) is 9.59 Å². The predicted octanol–water partition coefficient (Wildman–Crippen LogP) is 6.32. The zero-order valence-corrected chi connectivity index (χ0v) is 20.2. The van der Waals surface area contributed by atoms with Gasteiger partial charge in [0.2, 0.25) is 0 Å². The molecule has 1 amide bonds. The number of para-hydroxylation sites is 1. The van der Waals surface area contributed by atoms with Crippen molar-refractivity contribution in [2.45, 2.75) is 65.7 Å². The Bertz CT molecular complexity index is 992. The Labute approximate surface area is 195 Å². The second-order valence-electron chi connectivity index (χ2n) is 9.25. The monoisotopic (exact) mass is 453 g/mol. The second-order valence-corrected chi connectivity index (χ2v) is 9.25. The van der Waals surface area contributed by atoms with Crippen molar-refractivity contribution in [3.63, 3.8) is 0 Å². The van der Waals surface area contributed by atoms with E-state index >= 15 is 0 Å². The highest BCUT2D eigenvalue weighted by Gasteiger charge is 2.31. The molecule has 0 spiro atoms. The van der Waals surface area contributed by atoms with Crippen LogP contribution in [0.2, 0.25) is 0 Å². The normalized spacial score (nSPS) is 12.0. The summed E-state index contributed by atoms with van der Waals surface area (Å²) < 4.78 is 16.3. The molecule has 0 aliphatic heterocycles. The summed E-state index contributed by atoms with van der Waals surface area (Å²) in [7, 11) is 0. The summed E-state index contributed by atoms with van der Waals surface area (Å²) in [5.74, 6) is 7.28. The van der Waals surface area contributed by atoms with Crippen LogP contribution in [0.3, 0.4) is 0 Å². The molecule has 2 rings (SSSR count). The number of amides is 1. The number of hydrogen-bond donors (Lipinski definition) is 0. The van der Waals surface area contributed by atoms with Gasteiger partial charge in [-0.05, 0) is 84.9 Å². The summed E-state index contributed by atoms with van der Waals surface area (Å²) in [4.78, 5) is 29.9. The highest BCUT2D eigenvalue weighted by atomic mass is 16.8. The molecule has 33 heavy (non-hydrogen) atoms. The minimum Gasteiger partial charge on any atom is -0.457 e. The molecule has 0 saturated carbocycles. The topological polar surface area (TPSA) is 74.3 Å². The SMILES string of the molecule is CC(C#Cc1ccc(Oc2ccccc2)cc1)N(OC(=O)OC(C)(C)C)C(=O)OC(C)(C)C. The van der Waals surface area contributed by atoms with Gasteiger partial charge in [0.15, 0.2) is 0 Å². The fourth-order valence-corrected chi connectivity index (χ4v) is 2.41. The van der Waals surface area contributed by atoms with E-state index in [0.717, 1.165) is 10.8 Å². The summed E-state index contributed by atoms with van der Waals surface area (Å²) in [6.07, 6.45) is -1.87. The van der Waals surface area contributed by atoms with Crippen LogP contribution in [-0.2, 0) is 14.3 Å². The van der Waals surface area contributed by atoms with E-state index in [1.807, 2.05) is 30.3 Å². The maximum absolute atomic E-state index is 12.6. The van der Waals surface area contributed by atoms with Crippen molar-refractivity contribution in [3.8, 4) is 23.3 Å². The molecule has 0 bridgehead atoms. The Kier molecular flexibility index (Phi) is 8.36. The molecule has 0 aliphatic rings. The first-order valence-corrected chi connectivity index (χ1v) is 10.6. The van der Waals surface area contributed by atoms with Crippen molar-refractivity contribution < 1.29 is 28.6 Å². The molecule has 7 nitrogen and oxygen atoms in total. The average Bonchev–Trinajstić information content (AvgIpc) is 2.69. The maximum atomic E-state index is 12.6. The van der Waals surface area contributed by atoms with Crippen LogP contribution < -0.4 is 4.74 Å². The Morgan fingerprint density at radius 1 is 0.818 bits per heavy atom. The van der Waals surface area contributed by atoms with E-state index in [4.69, 9.17) is 19.0 Å². The van der Waals surface area contributed by atoms with Gasteiger partial charge >= 0.3 is 12.2 Å². The molecule has 176 valence electrons. The number of benzene rings is 2. The Balaban J connectivity index is 2.13. The molecular weight excluding hydrogens is 422 g/mol. The first kappa shape index (κ1) is 25.6. The number of carbonyl (C=O) groups excluding carboxylic acids is 2. The van der Waals surface area contributed by atoms with Gasteiger partial charge in [-0.2, -0.15) is 0 Å². The van der Waals surface area contributed by atoms with Crippen LogP contribution in [0, 0.1) is 11.8 Å². The first-order chi connectivity index (χ1) is 15.3. The fourth-order valence-electron chi connectivity index (χ4n) is 2.41. The van der Waals surface area contributed by atoms with Gasteiger partial charge in [0.1, 0.15) is 28.7 Å². The molecule has 0 heterocycles. The van der Waals surface area contributed by atoms with E-state index in [1.165, 1.54) is 0 Å². The second kappa shape index (κ2) is 10.8. The van der Waals surface area contributed by atoms with Gasteiger partial charge in [-0.3, -0.25) is 4.84 Å². The molecule has 0 radical (unpaired) electrons. The first-order valence-electron chi connectivity index (χ1n) is 10.6. The number of rotatable bonds is 3. The number of hydroxylamine groups is 2. The van der Waals surface area contributed by atoms with E-state index in [1.54, 1.807) is 72.7 Å². The molecule has 2 aromatic carbocycles. The van der Waals surface area contributed by atoms with Crippen LogP contribution >= 0.6 is 0 Å². The number of ether oxygens (including phenoxy) is 3. The van der Waals surface area contributed by atoms with Crippen LogP contribution in [0.25, 0.3) is 0 Å². The summed E-state index contributed by atoms with van der Waals surface area (Å²) in [6, 6.07) is 15.8. The van der Waals surface area contributed by atoms with Crippen LogP contribution in [0.1, 0.15) is 54.0 Å².